The number of halogens is 2. The summed E-state index contributed by atoms with van der Waals surface area (Å²) in [5.74, 6) is -1.71. The molecule has 0 fully saturated rings. The third-order valence-electron chi connectivity index (χ3n) is 2.37. The second-order valence-corrected chi connectivity index (χ2v) is 3.58. The first-order valence-corrected chi connectivity index (χ1v) is 4.89. The molecular weight excluding hydrogens is 228 g/mol. The van der Waals surface area contributed by atoms with Crippen LogP contribution in [0, 0.1) is 11.6 Å². The van der Waals surface area contributed by atoms with E-state index in [1.54, 1.807) is 7.05 Å². The number of rotatable bonds is 3. The molecule has 2 aromatic rings. The minimum atomic E-state index is -0.728. The van der Waals surface area contributed by atoms with Gasteiger partial charge in [-0.15, -0.1) is 5.10 Å². The molecule has 0 aliphatic carbocycles. The Morgan fingerprint density at radius 2 is 2.18 bits per heavy atom. The van der Waals surface area contributed by atoms with Crippen LogP contribution in [0.15, 0.2) is 24.4 Å². The number of hydrogen-bond donors (Lipinski definition) is 0. The van der Waals surface area contributed by atoms with Crippen LogP contribution in [0.2, 0.25) is 0 Å². The van der Waals surface area contributed by atoms with Gasteiger partial charge in [-0.1, -0.05) is 11.3 Å². The molecule has 6 heteroatoms. The zero-order chi connectivity index (χ0) is 12.4. The van der Waals surface area contributed by atoms with Crippen LogP contribution in [0.1, 0.15) is 16.1 Å². The average molecular weight is 237 g/mol. The number of carbonyl (C=O) groups is 1. The maximum Gasteiger partial charge on any atom is 0.186 e. The molecule has 1 heterocycles. The Bertz CT molecular complexity index is 566. The predicted octanol–water partition coefficient (Wildman–Crippen LogP) is 1.52. The van der Waals surface area contributed by atoms with Crippen molar-refractivity contribution in [3.8, 4) is 0 Å². The van der Waals surface area contributed by atoms with Crippen molar-refractivity contribution in [3.63, 3.8) is 0 Å². The molecule has 1 aromatic heterocycles. The Morgan fingerprint density at radius 3 is 2.76 bits per heavy atom. The van der Waals surface area contributed by atoms with E-state index in [1.807, 2.05) is 0 Å². The van der Waals surface area contributed by atoms with Crippen LogP contribution < -0.4 is 0 Å². The SMILES string of the molecule is Cn1nncc1C(=O)Cc1ccc(F)cc1F. The lowest BCUT2D eigenvalue weighted by Crippen LogP contribution is -2.10. The van der Waals surface area contributed by atoms with Crippen molar-refractivity contribution in [2.45, 2.75) is 6.42 Å². The predicted molar refractivity (Wildman–Crippen MR) is 55.4 cm³/mol. The van der Waals surface area contributed by atoms with Crippen molar-refractivity contribution in [2.24, 2.45) is 7.05 Å². The Balaban J connectivity index is 2.22. The molecule has 0 spiro atoms. The fourth-order valence-corrected chi connectivity index (χ4v) is 1.47. The van der Waals surface area contributed by atoms with Gasteiger partial charge in [0.2, 0.25) is 0 Å². The minimum Gasteiger partial charge on any atom is -0.292 e. The minimum absolute atomic E-state index is 0.146. The molecule has 0 amide bonds. The molecule has 1 aromatic carbocycles. The second-order valence-electron chi connectivity index (χ2n) is 3.58. The van der Waals surface area contributed by atoms with Gasteiger partial charge < -0.3 is 0 Å². The highest BCUT2D eigenvalue weighted by molar-refractivity contribution is 5.95. The van der Waals surface area contributed by atoms with Crippen molar-refractivity contribution in [1.29, 1.82) is 0 Å². The summed E-state index contributed by atoms with van der Waals surface area (Å²) in [7, 11) is 1.57. The van der Waals surface area contributed by atoms with E-state index in [-0.39, 0.29) is 23.5 Å². The maximum absolute atomic E-state index is 13.3. The van der Waals surface area contributed by atoms with Crippen LogP contribution in [-0.2, 0) is 13.5 Å². The van der Waals surface area contributed by atoms with Gasteiger partial charge >= 0.3 is 0 Å². The Labute approximate surface area is 95.9 Å². The lowest BCUT2D eigenvalue weighted by Gasteiger charge is -2.02. The first-order valence-electron chi connectivity index (χ1n) is 4.89. The molecule has 0 unspecified atom stereocenters. The van der Waals surface area contributed by atoms with E-state index in [4.69, 9.17) is 0 Å². The fourth-order valence-electron chi connectivity index (χ4n) is 1.47. The Kier molecular flexibility index (Phi) is 2.95. The summed E-state index contributed by atoms with van der Waals surface area (Å²) in [5.41, 5.74) is 0.436. The van der Waals surface area contributed by atoms with Gasteiger partial charge in [0.05, 0.1) is 6.20 Å². The summed E-state index contributed by atoms with van der Waals surface area (Å²) < 4.78 is 27.3. The standard InChI is InChI=1S/C11H9F2N3O/c1-16-10(6-14-15-16)11(17)4-7-2-3-8(12)5-9(7)13/h2-3,5-6H,4H2,1H3. The van der Waals surface area contributed by atoms with Gasteiger partial charge in [0.15, 0.2) is 5.78 Å². The molecular formula is C11H9F2N3O. The van der Waals surface area contributed by atoms with Gasteiger partial charge in [-0.05, 0) is 11.6 Å². The smallest absolute Gasteiger partial charge is 0.186 e. The molecule has 17 heavy (non-hydrogen) atoms. The molecule has 0 N–H and O–H groups in total. The highest BCUT2D eigenvalue weighted by atomic mass is 19.1. The lowest BCUT2D eigenvalue weighted by atomic mass is 10.1. The molecule has 0 saturated heterocycles. The van der Waals surface area contributed by atoms with Crippen LogP contribution >= 0.6 is 0 Å². The van der Waals surface area contributed by atoms with E-state index in [0.717, 1.165) is 12.1 Å². The number of benzene rings is 1. The molecule has 4 nitrogen and oxygen atoms in total. The van der Waals surface area contributed by atoms with E-state index in [0.29, 0.717) is 0 Å². The first-order chi connectivity index (χ1) is 8.08. The topological polar surface area (TPSA) is 47.8 Å². The van der Waals surface area contributed by atoms with Crippen LogP contribution in [0.3, 0.4) is 0 Å². The summed E-state index contributed by atoms with van der Waals surface area (Å²) in [4.78, 5) is 11.8. The van der Waals surface area contributed by atoms with Crippen LogP contribution in [0.25, 0.3) is 0 Å². The summed E-state index contributed by atoms with van der Waals surface area (Å²) in [5, 5.41) is 7.17. The van der Waals surface area contributed by atoms with Gasteiger partial charge in [-0.25, -0.2) is 13.5 Å². The fraction of sp³-hybridized carbons (Fsp3) is 0.182. The molecule has 0 aliphatic heterocycles. The van der Waals surface area contributed by atoms with Crippen LogP contribution in [-0.4, -0.2) is 20.8 Å². The molecule has 0 radical (unpaired) electrons. The summed E-state index contributed by atoms with van der Waals surface area (Å²) in [6, 6.07) is 3.13. The van der Waals surface area contributed by atoms with Gasteiger partial charge in [0.1, 0.15) is 17.3 Å². The van der Waals surface area contributed by atoms with Crippen molar-refractivity contribution < 1.29 is 13.6 Å². The highest BCUT2D eigenvalue weighted by Gasteiger charge is 2.14. The Hall–Kier alpha value is -2.11. The third kappa shape index (κ3) is 2.35. The van der Waals surface area contributed by atoms with Gasteiger partial charge in [0.25, 0.3) is 0 Å². The molecule has 0 saturated carbocycles. The highest BCUT2D eigenvalue weighted by Crippen LogP contribution is 2.12. The van der Waals surface area contributed by atoms with E-state index in [9.17, 15) is 13.6 Å². The van der Waals surface area contributed by atoms with E-state index < -0.39 is 11.6 Å². The molecule has 0 atom stereocenters. The summed E-state index contributed by atoms with van der Waals surface area (Å²) >= 11 is 0. The van der Waals surface area contributed by atoms with Crippen molar-refractivity contribution in [3.05, 3.63) is 47.3 Å². The molecule has 0 bridgehead atoms. The summed E-state index contributed by atoms with van der Waals surface area (Å²) in [6.07, 6.45) is 1.16. The number of carbonyl (C=O) groups excluding carboxylic acids is 1. The molecule has 88 valence electrons. The third-order valence-corrected chi connectivity index (χ3v) is 2.37. The quantitative estimate of drug-likeness (QED) is 0.760. The van der Waals surface area contributed by atoms with Gasteiger partial charge in [0, 0.05) is 19.5 Å². The zero-order valence-corrected chi connectivity index (χ0v) is 9.02. The van der Waals surface area contributed by atoms with Gasteiger partial charge in [-0.3, -0.25) is 4.79 Å². The van der Waals surface area contributed by atoms with Crippen molar-refractivity contribution in [1.82, 2.24) is 15.0 Å². The second kappa shape index (κ2) is 4.40. The number of aryl methyl sites for hydroxylation is 1. The summed E-state index contributed by atoms with van der Waals surface area (Å²) in [6.45, 7) is 0. The normalized spacial score (nSPS) is 10.5. The van der Waals surface area contributed by atoms with E-state index in [2.05, 4.69) is 10.3 Å². The largest absolute Gasteiger partial charge is 0.292 e. The number of ketones is 1. The van der Waals surface area contributed by atoms with E-state index >= 15 is 0 Å². The van der Waals surface area contributed by atoms with Crippen molar-refractivity contribution >= 4 is 5.78 Å². The molecule has 0 aliphatic rings. The number of hydrogen-bond acceptors (Lipinski definition) is 3. The maximum atomic E-state index is 13.3. The first kappa shape index (κ1) is 11.4. The molecule has 2 rings (SSSR count). The average Bonchev–Trinajstić information content (AvgIpc) is 2.68. The number of Topliss-reactive ketones (excluding diaryl/α,β-unsaturated/α-hetero) is 1. The monoisotopic (exact) mass is 237 g/mol. The van der Waals surface area contributed by atoms with Crippen molar-refractivity contribution in [2.75, 3.05) is 0 Å². The van der Waals surface area contributed by atoms with Crippen LogP contribution in [0.5, 0.6) is 0 Å². The van der Waals surface area contributed by atoms with Gasteiger partial charge in [-0.2, -0.15) is 0 Å². The number of aromatic nitrogens is 3. The number of nitrogens with zero attached hydrogens (tertiary/aromatic N) is 3. The van der Waals surface area contributed by atoms with E-state index in [1.165, 1.54) is 16.9 Å². The Morgan fingerprint density at radius 1 is 1.41 bits per heavy atom. The lowest BCUT2D eigenvalue weighted by molar-refractivity contribution is 0.0982. The zero-order valence-electron chi connectivity index (χ0n) is 9.02. The van der Waals surface area contributed by atoms with Crippen LogP contribution in [0.4, 0.5) is 8.78 Å².